The fraction of sp³-hybridized carbons (Fsp3) is 0. The molecule has 0 fully saturated rings. The molecule has 1 aromatic heterocycles. The Morgan fingerprint density at radius 1 is 1.50 bits per heavy atom. The summed E-state index contributed by atoms with van der Waals surface area (Å²) in [5.41, 5.74) is 5.44. The van der Waals surface area contributed by atoms with E-state index in [1.165, 1.54) is 12.1 Å². The molecular formula is C5H5ClN4. The molecule has 1 rings (SSSR count). The topological polar surface area (TPSA) is 75.7 Å². The van der Waals surface area contributed by atoms with Crippen molar-refractivity contribution in [2.75, 3.05) is 0 Å². The van der Waals surface area contributed by atoms with Gasteiger partial charge in [-0.25, -0.2) is 0 Å². The molecule has 52 valence electrons. The molecule has 0 aliphatic rings. The van der Waals surface area contributed by atoms with E-state index in [0.29, 0.717) is 10.8 Å². The molecule has 3 N–H and O–H groups in total. The average molecular weight is 157 g/mol. The van der Waals surface area contributed by atoms with Gasteiger partial charge in [0.25, 0.3) is 0 Å². The summed E-state index contributed by atoms with van der Waals surface area (Å²) in [5, 5.41) is 14.3. The highest BCUT2D eigenvalue weighted by Gasteiger charge is 1.96. The van der Waals surface area contributed by atoms with E-state index in [-0.39, 0.29) is 5.84 Å². The van der Waals surface area contributed by atoms with Crippen LogP contribution < -0.4 is 5.73 Å². The molecule has 1 heterocycles. The van der Waals surface area contributed by atoms with Crippen molar-refractivity contribution in [3.8, 4) is 0 Å². The Bertz CT molecular complexity index is 242. The third-order valence-corrected chi connectivity index (χ3v) is 1.11. The number of nitrogen functional groups attached to an aromatic ring is 1. The zero-order valence-electron chi connectivity index (χ0n) is 5.00. The lowest BCUT2D eigenvalue weighted by atomic mass is 10.4. The quantitative estimate of drug-likeness (QED) is 0.457. The first-order chi connectivity index (χ1) is 4.70. The molecule has 0 unspecified atom stereocenters. The van der Waals surface area contributed by atoms with Gasteiger partial charge < -0.3 is 5.73 Å². The Morgan fingerprint density at radius 2 is 2.20 bits per heavy atom. The monoisotopic (exact) mass is 156 g/mol. The van der Waals surface area contributed by atoms with E-state index in [1.54, 1.807) is 0 Å². The van der Waals surface area contributed by atoms with Crippen LogP contribution in [0, 0.1) is 5.41 Å². The Kier molecular flexibility index (Phi) is 1.82. The van der Waals surface area contributed by atoms with Gasteiger partial charge in [-0.2, -0.15) is 0 Å². The first kappa shape index (κ1) is 6.95. The van der Waals surface area contributed by atoms with E-state index in [1.807, 2.05) is 0 Å². The number of aromatic nitrogens is 2. The van der Waals surface area contributed by atoms with Gasteiger partial charge >= 0.3 is 0 Å². The maximum Gasteiger partial charge on any atom is 0.151 e. The maximum atomic E-state index is 6.94. The van der Waals surface area contributed by atoms with Crippen LogP contribution in [0.25, 0.3) is 0 Å². The number of nitrogens with two attached hydrogens (primary N) is 1. The summed E-state index contributed by atoms with van der Waals surface area (Å²) in [6, 6.07) is 3.07. The summed E-state index contributed by atoms with van der Waals surface area (Å²) >= 11 is 5.43. The molecule has 0 amide bonds. The first-order valence-electron chi connectivity index (χ1n) is 2.54. The molecule has 4 nitrogen and oxygen atoms in total. The highest BCUT2D eigenvalue weighted by atomic mass is 35.5. The maximum absolute atomic E-state index is 6.94. The third kappa shape index (κ3) is 1.41. The van der Waals surface area contributed by atoms with Crippen LogP contribution in [-0.2, 0) is 0 Å². The molecule has 0 atom stereocenters. The van der Waals surface area contributed by atoms with Gasteiger partial charge in [0.15, 0.2) is 5.15 Å². The van der Waals surface area contributed by atoms with Gasteiger partial charge in [0.05, 0.1) is 0 Å². The molecule has 0 radical (unpaired) electrons. The van der Waals surface area contributed by atoms with Gasteiger partial charge in [-0.05, 0) is 12.1 Å². The van der Waals surface area contributed by atoms with Crippen LogP contribution in [0.15, 0.2) is 12.1 Å². The van der Waals surface area contributed by atoms with E-state index in [2.05, 4.69) is 10.2 Å². The summed E-state index contributed by atoms with van der Waals surface area (Å²) in [6.45, 7) is 0. The Morgan fingerprint density at radius 3 is 2.60 bits per heavy atom. The van der Waals surface area contributed by atoms with Crippen molar-refractivity contribution in [3.63, 3.8) is 0 Å². The van der Waals surface area contributed by atoms with Crippen LogP contribution >= 0.6 is 11.6 Å². The molecule has 0 saturated carbocycles. The van der Waals surface area contributed by atoms with Gasteiger partial charge in [0.1, 0.15) is 11.5 Å². The second-order valence-electron chi connectivity index (χ2n) is 1.65. The van der Waals surface area contributed by atoms with Crippen LogP contribution in [0.2, 0.25) is 5.15 Å². The van der Waals surface area contributed by atoms with Crippen molar-refractivity contribution in [2.45, 2.75) is 0 Å². The van der Waals surface area contributed by atoms with Gasteiger partial charge in [-0.15, -0.1) is 10.2 Å². The molecule has 0 bridgehead atoms. The number of hydrogen-bond acceptors (Lipinski definition) is 3. The highest BCUT2D eigenvalue weighted by Crippen LogP contribution is 2.00. The van der Waals surface area contributed by atoms with E-state index >= 15 is 0 Å². The van der Waals surface area contributed by atoms with Crippen molar-refractivity contribution in [1.29, 1.82) is 5.41 Å². The van der Waals surface area contributed by atoms with Gasteiger partial charge in [0.2, 0.25) is 0 Å². The van der Waals surface area contributed by atoms with Crippen LogP contribution in [0.5, 0.6) is 0 Å². The minimum atomic E-state index is -0.107. The van der Waals surface area contributed by atoms with E-state index in [9.17, 15) is 0 Å². The summed E-state index contributed by atoms with van der Waals surface area (Å²) < 4.78 is 0. The Hall–Kier alpha value is -1.16. The smallest absolute Gasteiger partial charge is 0.151 e. The zero-order valence-corrected chi connectivity index (χ0v) is 5.76. The van der Waals surface area contributed by atoms with E-state index in [4.69, 9.17) is 22.7 Å². The summed E-state index contributed by atoms with van der Waals surface area (Å²) in [5.74, 6) is -0.107. The predicted molar refractivity (Wildman–Crippen MR) is 38.1 cm³/mol. The number of hydrogen-bond donors (Lipinski definition) is 2. The lowest BCUT2D eigenvalue weighted by Gasteiger charge is -1.92. The number of amidine groups is 1. The summed E-state index contributed by atoms with van der Waals surface area (Å²) in [7, 11) is 0. The van der Waals surface area contributed by atoms with Crippen molar-refractivity contribution in [3.05, 3.63) is 23.0 Å². The number of nitrogens with one attached hydrogen (secondary N) is 1. The van der Waals surface area contributed by atoms with Crippen LogP contribution in [-0.4, -0.2) is 16.0 Å². The van der Waals surface area contributed by atoms with Crippen molar-refractivity contribution < 1.29 is 0 Å². The second-order valence-corrected chi connectivity index (χ2v) is 2.04. The standard InChI is InChI=1S/C5H5ClN4/c6-4-2-1-3(5(7)8)9-10-4/h1-2H,(H3,7,8). The predicted octanol–water partition coefficient (Wildman–Crippen LogP) is 0.414. The lowest BCUT2D eigenvalue weighted by Crippen LogP contribution is -2.13. The average Bonchev–Trinajstić information content (AvgIpc) is 1.88. The molecule has 1 aromatic rings. The molecule has 10 heavy (non-hydrogen) atoms. The zero-order chi connectivity index (χ0) is 7.56. The fourth-order valence-electron chi connectivity index (χ4n) is 0.460. The van der Waals surface area contributed by atoms with Gasteiger partial charge in [-0.3, -0.25) is 5.41 Å². The van der Waals surface area contributed by atoms with Crippen LogP contribution in [0.4, 0.5) is 0 Å². The van der Waals surface area contributed by atoms with Crippen molar-refractivity contribution >= 4 is 17.4 Å². The SMILES string of the molecule is N=C(N)c1ccc(Cl)nn1. The number of halogens is 1. The minimum absolute atomic E-state index is 0.107. The third-order valence-electron chi connectivity index (χ3n) is 0.908. The Balaban J connectivity index is 3.00. The van der Waals surface area contributed by atoms with Crippen molar-refractivity contribution in [1.82, 2.24) is 10.2 Å². The van der Waals surface area contributed by atoms with Crippen LogP contribution in [0.3, 0.4) is 0 Å². The Labute approximate surface area is 62.5 Å². The van der Waals surface area contributed by atoms with Crippen molar-refractivity contribution in [2.24, 2.45) is 5.73 Å². The molecular weight excluding hydrogens is 152 g/mol. The first-order valence-corrected chi connectivity index (χ1v) is 2.91. The largest absolute Gasteiger partial charge is 0.382 e. The number of nitrogens with zero attached hydrogens (tertiary/aromatic N) is 2. The molecule has 0 spiro atoms. The number of rotatable bonds is 1. The molecule has 5 heteroatoms. The summed E-state index contributed by atoms with van der Waals surface area (Å²) in [6.07, 6.45) is 0. The van der Waals surface area contributed by atoms with Crippen LogP contribution in [0.1, 0.15) is 5.69 Å². The van der Waals surface area contributed by atoms with E-state index in [0.717, 1.165) is 0 Å². The molecule has 0 aromatic carbocycles. The molecule has 0 saturated heterocycles. The van der Waals surface area contributed by atoms with Gasteiger partial charge in [-0.1, -0.05) is 11.6 Å². The summed E-state index contributed by atoms with van der Waals surface area (Å²) in [4.78, 5) is 0. The second kappa shape index (κ2) is 2.62. The fourth-order valence-corrected chi connectivity index (χ4v) is 0.560. The molecule has 0 aliphatic heterocycles. The van der Waals surface area contributed by atoms with Gasteiger partial charge in [0, 0.05) is 0 Å². The molecule has 0 aliphatic carbocycles. The highest BCUT2D eigenvalue weighted by molar-refractivity contribution is 6.29. The van der Waals surface area contributed by atoms with E-state index < -0.39 is 0 Å². The minimum Gasteiger partial charge on any atom is -0.382 e. The lowest BCUT2D eigenvalue weighted by molar-refractivity contribution is 1.01. The normalized spacial score (nSPS) is 9.30.